The number of carbonyl (C=O) groups excluding carboxylic acids is 2. The van der Waals surface area contributed by atoms with Crippen molar-refractivity contribution in [1.29, 1.82) is 0 Å². The lowest BCUT2D eigenvalue weighted by Crippen LogP contribution is -2.26. The summed E-state index contributed by atoms with van der Waals surface area (Å²) in [6.07, 6.45) is 0. The number of nitrogens with one attached hydrogen (secondary N) is 2. The highest BCUT2D eigenvalue weighted by Gasteiger charge is 2.22. The standard InChI is InChI=1S/C24H25N3O6S/c1-27(20-10-12-21(33-3)13-11-20)34(30,31)22-9-4-6-17(14-22)24(29)26-19-8-5-7-18(15-19)25-23(28)16-32-2/h4-15H,16H2,1-3H3,(H,25,28)(H,26,29). The van der Waals surface area contributed by atoms with E-state index in [1.807, 2.05) is 0 Å². The molecular formula is C24H25N3O6S. The number of carbonyl (C=O) groups is 2. The molecule has 0 spiro atoms. The van der Waals surface area contributed by atoms with Gasteiger partial charge in [-0.1, -0.05) is 12.1 Å². The maximum absolute atomic E-state index is 13.1. The minimum Gasteiger partial charge on any atom is -0.497 e. The summed E-state index contributed by atoms with van der Waals surface area (Å²) in [5.74, 6) is -0.218. The van der Waals surface area contributed by atoms with Crippen molar-refractivity contribution in [1.82, 2.24) is 0 Å². The van der Waals surface area contributed by atoms with Crippen LogP contribution < -0.4 is 19.7 Å². The van der Waals surface area contributed by atoms with Gasteiger partial charge in [-0.15, -0.1) is 0 Å². The Labute approximate surface area is 198 Å². The molecule has 0 aromatic heterocycles. The topological polar surface area (TPSA) is 114 Å². The molecule has 3 rings (SSSR count). The highest BCUT2D eigenvalue weighted by atomic mass is 32.2. The van der Waals surface area contributed by atoms with Gasteiger partial charge in [-0.05, 0) is 60.7 Å². The van der Waals surface area contributed by atoms with Crippen LogP contribution in [0.5, 0.6) is 5.75 Å². The maximum Gasteiger partial charge on any atom is 0.264 e. The summed E-state index contributed by atoms with van der Waals surface area (Å²) in [4.78, 5) is 24.5. The molecule has 0 radical (unpaired) electrons. The van der Waals surface area contributed by atoms with E-state index >= 15 is 0 Å². The van der Waals surface area contributed by atoms with Gasteiger partial charge < -0.3 is 20.1 Å². The Morgan fingerprint density at radius 2 is 1.53 bits per heavy atom. The fraction of sp³-hybridized carbons (Fsp3) is 0.167. The molecule has 178 valence electrons. The summed E-state index contributed by atoms with van der Waals surface area (Å²) in [7, 11) is 0.468. The number of rotatable bonds is 9. The van der Waals surface area contributed by atoms with E-state index in [1.54, 1.807) is 48.5 Å². The van der Waals surface area contributed by atoms with E-state index in [9.17, 15) is 18.0 Å². The molecular weight excluding hydrogens is 458 g/mol. The van der Waals surface area contributed by atoms with Crippen LogP contribution in [0.1, 0.15) is 10.4 Å². The summed E-state index contributed by atoms with van der Waals surface area (Å²) < 4.78 is 37.3. The first-order valence-corrected chi connectivity index (χ1v) is 11.6. The molecule has 34 heavy (non-hydrogen) atoms. The average Bonchev–Trinajstić information content (AvgIpc) is 2.84. The fourth-order valence-electron chi connectivity index (χ4n) is 3.09. The van der Waals surface area contributed by atoms with Crippen molar-refractivity contribution in [2.24, 2.45) is 0 Å². The van der Waals surface area contributed by atoms with E-state index in [4.69, 9.17) is 9.47 Å². The number of nitrogens with zero attached hydrogens (tertiary/aromatic N) is 1. The summed E-state index contributed by atoms with van der Waals surface area (Å²) in [6.45, 7) is -0.0944. The Bertz CT molecular complexity index is 1280. The lowest BCUT2D eigenvalue weighted by atomic mass is 10.2. The van der Waals surface area contributed by atoms with Gasteiger partial charge >= 0.3 is 0 Å². The molecule has 0 saturated heterocycles. The van der Waals surface area contributed by atoms with Crippen molar-refractivity contribution < 1.29 is 27.5 Å². The molecule has 9 nitrogen and oxygen atoms in total. The van der Waals surface area contributed by atoms with Crippen molar-refractivity contribution in [2.45, 2.75) is 4.90 Å². The Hall–Kier alpha value is -3.89. The number of benzene rings is 3. The predicted octanol–water partition coefficient (Wildman–Crippen LogP) is 3.36. The Morgan fingerprint density at radius 3 is 2.18 bits per heavy atom. The van der Waals surface area contributed by atoms with Crippen LogP contribution >= 0.6 is 0 Å². The third-order valence-electron chi connectivity index (χ3n) is 4.87. The molecule has 3 aromatic carbocycles. The van der Waals surface area contributed by atoms with Gasteiger partial charge in [0.05, 0.1) is 17.7 Å². The fourth-order valence-corrected chi connectivity index (χ4v) is 4.33. The Kier molecular flexibility index (Phi) is 7.87. The van der Waals surface area contributed by atoms with Crippen LogP contribution in [0.4, 0.5) is 17.1 Å². The van der Waals surface area contributed by atoms with Gasteiger partial charge in [-0.2, -0.15) is 0 Å². The van der Waals surface area contributed by atoms with Crippen molar-refractivity contribution in [3.05, 3.63) is 78.4 Å². The second-order valence-electron chi connectivity index (χ2n) is 7.21. The van der Waals surface area contributed by atoms with Crippen molar-refractivity contribution in [3.8, 4) is 5.75 Å². The largest absolute Gasteiger partial charge is 0.497 e. The monoisotopic (exact) mass is 483 g/mol. The normalized spacial score (nSPS) is 10.9. The maximum atomic E-state index is 13.1. The average molecular weight is 484 g/mol. The Morgan fingerprint density at radius 1 is 0.882 bits per heavy atom. The quantitative estimate of drug-likeness (QED) is 0.482. The van der Waals surface area contributed by atoms with Crippen molar-refractivity contribution in [3.63, 3.8) is 0 Å². The highest BCUT2D eigenvalue weighted by molar-refractivity contribution is 7.92. The van der Waals surface area contributed by atoms with Crippen LogP contribution in [0.3, 0.4) is 0 Å². The lowest BCUT2D eigenvalue weighted by Gasteiger charge is -2.20. The zero-order chi connectivity index (χ0) is 24.7. The molecule has 0 saturated carbocycles. The van der Waals surface area contributed by atoms with E-state index in [0.717, 1.165) is 4.31 Å². The van der Waals surface area contributed by atoms with Crippen LogP contribution in [0.25, 0.3) is 0 Å². The molecule has 0 fully saturated rings. The second-order valence-corrected chi connectivity index (χ2v) is 9.18. The molecule has 2 N–H and O–H groups in total. The van der Waals surface area contributed by atoms with Crippen LogP contribution in [0.2, 0.25) is 0 Å². The van der Waals surface area contributed by atoms with Crippen LogP contribution in [-0.4, -0.2) is 48.1 Å². The Balaban J connectivity index is 1.78. The molecule has 0 unspecified atom stereocenters. The number of hydrogen-bond donors (Lipinski definition) is 2. The predicted molar refractivity (Wildman–Crippen MR) is 130 cm³/mol. The van der Waals surface area contributed by atoms with E-state index in [0.29, 0.717) is 22.8 Å². The van der Waals surface area contributed by atoms with E-state index < -0.39 is 15.9 Å². The van der Waals surface area contributed by atoms with Gasteiger partial charge in [-0.3, -0.25) is 13.9 Å². The minimum atomic E-state index is -3.91. The van der Waals surface area contributed by atoms with E-state index in [-0.39, 0.29) is 23.0 Å². The third kappa shape index (κ3) is 5.91. The van der Waals surface area contributed by atoms with E-state index in [2.05, 4.69) is 10.6 Å². The highest BCUT2D eigenvalue weighted by Crippen LogP contribution is 2.25. The van der Waals surface area contributed by atoms with Gasteiger partial charge in [0.1, 0.15) is 12.4 Å². The molecule has 0 atom stereocenters. The third-order valence-corrected chi connectivity index (χ3v) is 6.65. The van der Waals surface area contributed by atoms with Gasteiger partial charge in [0.2, 0.25) is 5.91 Å². The summed E-state index contributed by atoms with van der Waals surface area (Å²) in [5, 5.41) is 5.36. The number of sulfonamides is 1. The van der Waals surface area contributed by atoms with Gasteiger partial charge in [-0.25, -0.2) is 8.42 Å². The number of hydrogen-bond acceptors (Lipinski definition) is 6. The molecule has 0 aliphatic rings. The second kappa shape index (κ2) is 10.8. The summed E-state index contributed by atoms with van der Waals surface area (Å²) in [5.41, 5.74) is 1.53. The van der Waals surface area contributed by atoms with Gasteiger partial charge in [0.25, 0.3) is 15.9 Å². The van der Waals surface area contributed by atoms with Crippen molar-refractivity contribution in [2.75, 3.05) is 42.8 Å². The van der Waals surface area contributed by atoms with Crippen LogP contribution in [0.15, 0.2) is 77.7 Å². The molecule has 0 bridgehead atoms. The molecule has 10 heteroatoms. The first-order valence-electron chi connectivity index (χ1n) is 10.2. The number of amides is 2. The first-order chi connectivity index (χ1) is 16.2. The van der Waals surface area contributed by atoms with E-state index in [1.165, 1.54) is 45.5 Å². The molecule has 2 amide bonds. The molecule has 0 aliphatic carbocycles. The SMILES string of the molecule is COCC(=O)Nc1cccc(NC(=O)c2cccc(S(=O)(=O)N(C)c3ccc(OC)cc3)c2)c1. The number of methoxy groups -OCH3 is 2. The molecule has 3 aromatic rings. The number of anilines is 3. The zero-order valence-corrected chi connectivity index (χ0v) is 19.8. The smallest absolute Gasteiger partial charge is 0.264 e. The van der Waals surface area contributed by atoms with Gasteiger partial charge in [0, 0.05) is 31.1 Å². The summed E-state index contributed by atoms with van der Waals surface area (Å²) in [6, 6.07) is 18.9. The zero-order valence-electron chi connectivity index (χ0n) is 18.9. The molecule has 0 heterocycles. The minimum absolute atomic E-state index is 0.0287. The molecule has 0 aliphatic heterocycles. The number of ether oxygens (including phenoxy) is 2. The summed E-state index contributed by atoms with van der Waals surface area (Å²) >= 11 is 0. The lowest BCUT2D eigenvalue weighted by molar-refractivity contribution is -0.119. The first kappa shape index (κ1) is 24.7. The van der Waals surface area contributed by atoms with Crippen molar-refractivity contribution >= 4 is 38.9 Å². The van der Waals surface area contributed by atoms with Crippen LogP contribution in [-0.2, 0) is 19.6 Å². The van der Waals surface area contributed by atoms with Gasteiger partial charge in [0.15, 0.2) is 0 Å². The van der Waals surface area contributed by atoms with Crippen LogP contribution in [0, 0.1) is 0 Å².